The second-order valence-corrected chi connectivity index (χ2v) is 6.54. The minimum absolute atomic E-state index is 0.349. The molecule has 1 aliphatic heterocycles. The van der Waals surface area contributed by atoms with E-state index in [4.69, 9.17) is 0 Å². The van der Waals surface area contributed by atoms with Gasteiger partial charge >= 0.3 is 0 Å². The SMILES string of the molecule is CC1CCCN(C(C)CC(C)(C#N)NC(C)C)C1. The summed E-state index contributed by atoms with van der Waals surface area (Å²) in [7, 11) is 0. The van der Waals surface area contributed by atoms with Gasteiger partial charge in [-0.05, 0) is 59.4 Å². The molecule has 0 amide bonds. The fraction of sp³-hybridized carbons (Fsp3) is 0.933. The molecule has 1 N–H and O–H groups in total. The molecular formula is C15H29N3. The summed E-state index contributed by atoms with van der Waals surface area (Å²) in [5, 5.41) is 12.8. The number of hydrogen-bond acceptors (Lipinski definition) is 3. The molecule has 0 radical (unpaired) electrons. The lowest BCUT2D eigenvalue weighted by Crippen LogP contribution is -2.51. The average Bonchev–Trinajstić information content (AvgIpc) is 2.27. The van der Waals surface area contributed by atoms with Crippen LogP contribution in [-0.2, 0) is 0 Å². The topological polar surface area (TPSA) is 39.1 Å². The molecule has 1 heterocycles. The smallest absolute Gasteiger partial charge is 0.105 e. The molecule has 0 spiro atoms. The Labute approximate surface area is 113 Å². The van der Waals surface area contributed by atoms with Gasteiger partial charge in [-0.1, -0.05) is 6.92 Å². The summed E-state index contributed by atoms with van der Waals surface area (Å²) < 4.78 is 0. The standard InChI is InChI=1S/C15H29N3/c1-12(2)17-15(5,11-16)9-14(4)18-8-6-7-13(3)10-18/h12-14,17H,6-10H2,1-5H3. The van der Waals surface area contributed by atoms with Gasteiger partial charge < -0.3 is 4.90 Å². The summed E-state index contributed by atoms with van der Waals surface area (Å²) in [6, 6.07) is 3.28. The highest BCUT2D eigenvalue weighted by Gasteiger charge is 2.30. The maximum atomic E-state index is 9.40. The number of nitriles is 1. The van der Waals surface area contributed by atoms with Crippen molar-refractivity contribution in [1.82, 2.24) is 10.2 Å². The van der Waals surface area contributed by atoms with Crippen molar-refractivity contribution in [3.63, 3.8) is 0 Å². The van der Waals surface area contributed by atoms with Crippen molar-refractivity contribution in [3.05, 3.63) is 0 Å². The van der Waals surface area contributed by atoms with E-state index in [-0.39, 0.29) is 0 Å². The van der Waals surface area contributed by atoms with Crippen molar-refractivity contribution < 1.29 is 0 Å². The Morgan fingerprint density at radius 1 is 1.44 bits per heavy atom. The molecule has 0 saturated carbocycles. The summed E-state index contributed by atoms with van der Waals surface area (Å²) in [5.41, 5.74) is -0.408. The zero-order chi connectivity index (χ0) is 13.8. The normalized spacial score (nSPS) is 26.6. The Morgan fingerprint density at radius 2 is 2.11 bits per heavy atom. The third-order valence-electron chi connectivity index (χ3n) is 3.87. The maximum absolute atomic E-state index is 9.40. The third-order valence-corrected chi connectivity index (χ3v) is 3.87. The summed E-state index contributed by atoms with van der Waals surface area (Å²) in [4.78, 5) is 2.55. The fourth-order valence-corrected chi connectivity index (χ4v) is 3.12. The van der Waals surface area contributed by atoms with Gasteiger partial charge in [-0.25, -0.2) is 0 Å². The van der Waals surface area contributed by atoms with Crippen LogP contribution in [0.15, 0.2) is 0 Å². The quantitative estimate of drug-likeness (QED) is 0.816. The van der Waals surface area contributed by atoms with Crippen LogP contribution in [0.3, 0.4) is 0 Å². The van der Waals surface area contributed by atoms with E-state index in [0.29, 0.717) is 12.1 Å². The van der Waals surface area contributed by atoms with Crippen LogP contribution in [0, 0.1) is 17.2 Å². The highest BCUT2D eigenvalue weighted by molar-refractivity contribution is 5.06. The molecular weight excluding hydrogens is 222 g/mol. The second-order valence-electron chi connectivity index (χ2n) is 6.54. The van der Waals surface area contributed by atoms with E-state index in [9.17, 15) is 5.26 Å². The molecule has 0 bridgehead atoms. The van der Waals surface area contributed by atoms with Crippen LogP contribution in [0.2, 0.25) is 0 Å². The van der Waals surface area contributed by atoms with E-state index in [1.165, 1.54) is 25.9 Å². The Hall–Kier alpha value is -0.590. The van der Waals surface area contributed by atoms with Gasteiger partial charge in [0.2, 0.25) is 0 Å². The number of rotatable bonds is 5. The van der Waals surface area contributed by atoms with E-state index in [0.717, 1.165) is 12.3 Å². The number of piperidine rings is 1. The van der Waals surface area contributed by atoms with Gasteiger partial charge in [0, 0.05) is 18.6 Å². The lowest BCUT2D eigenvalue weighted by molar-refractivity contribution is 0.118. The summed E-state index contributed by atoms with van der Waals surface area (Å²) in [6.45, 7) is 13.2. The van der Waals surface area contributed by atoms with Crippen LogP contribution in [0.5, 0.6) is 0 Å². The first kappa shape index (κ1) is 15.5. The zero-order valence-corrected chi connectivity index (χ0v) is 12.7. The number of nitrogens with one attached hydrogen (secondary N) is 1. The highest BCUT2D eigenvalue weighted by atomic mass is 15.2. The molecule has 18 heavy (non-hydrogen) atoms. The highest BCUT2D eigenvalue weighted by Crippen LogP contribution is 2.22. The molecule has 0 aromatic carbocycles. The molecule has 1 saturated heterocycles. The molecule has 1 fully saturated rings. The van der Waals surface area contributed by atoms with Crippen molar-refractivity contribution in [2.45, 2.75) is 71.5 Å². The second kappa shape index (κ2) is 6.54. The van der Waals surface area contributed by atoms with Gasteiger partial charge in [0.15, 0.2) is 0 Å². The third kappa shape index (κ3) is 4.59. The van der Waals surface area contributed by atoms with Gasteiger partial charge in [0.25, 0.3) is 0 Å². The van der Waals surface area contributed by atoms with Crippen LogP contribution in [0.1, 0.15) is 53.9 Å². The molecule has 1 aliphatic rings. The van der Waals surface area contributed by atoms with E-state index >= 15 is 0 Å². The first-order valence-electron chi connectivity index (χ1n) is 7.29. The largest absolute Gasteiger partial charge is 0.300 e. The van der Waals surface area contributed by atoms with E-state index in [2.05, 4.69) is 44.0 Å². The van der Waals surface area contributed by atoms with Crippen molar-refractivity contribution in [3.8, 4) is 6.07 Å². The van der Waals surface area contributed by atoms with Gasteiger partial charge in [-0.3, -0.25) is 5.32 Å². The zero-order valence-electron chi connectivity index (χ0n) is 12.7. The summed E-state index contributed by atoms with van der Waals surface area (Å²) in [5.74, 6) is 0.799. The predicted molar refractivity (Wildman–Crippen MR) is 76.3 cm³/mol. The van der Waals surface area contributed by atoms with Crippen LogP contribution >= 0.6 is 0 Å². The van der Waals surface area contributed by atoms with Crippen molar-refractivity contribution in [2.24, 2.45) is 5.92 Å². The minimum Gasteiger partial charge on any atom is -0.300 e. The first-order chi connectivity index (χ1) is 8.36. The van der Waals surface area contributed by atoms with Crippen LogP contribution in [-0.4, -0.2) is 35.6 Å². The van der Waals surface area contributed by atoms with Crippen molar-refractivity contribution >= 4 is 0 Å². The lowest BCUT2D eigenvalue weighted by Gasteiger charge is -2.39. The number of nitrogens with zero attached hydrogens (tertiary/aromatic N) is 2. The lowest BCUT2D eigenvalue weighted by atomic mass is 9.91. The van der Waals surface area contributed by atoms with Crippen LogP contribution < -0.4 is 5.32 Å². The Kier molecular flexibility index (Phi) is 5.62. The molecule has 3 atom stereocenters. The predicted octanol–water partition coefficient (Wildman–Crippen LogP) is 2.78. The van der Waals surface area contributed by atoms with Gasteiger partial charge in [0.1, 0.15) is 5.54 Å². The first-order valence-corrected chi connectivity index (χ1v) is 7.29. The molecule has 0 aromatic rings. The number of likely N-dealkylation sites (tertiary alicyclic amines) is 1. The van der Waals surface area contributed by atoms with E-state index < -0.39 is 5.54 Å². The molecule has 3 nitrogen and oxygen atoms in total. The number of hydrogen-bond donors (Lipinski definition) is 1. The Morgan fingerprint density at radius 3 is 2.61 bits per heavy atom. The molecule has 3 unspecified atom stereocenters. The molecule has 104 valence electrons. The molecule has 0 aliphatic carbocycles. The Bertz CT molecular complexity index is 295. The van der Waals surface area contributed by atoms with Crippen molar-refractivity contribution in [2.75, 3.05) is 13.1 Å². The van der Waals surface area contributed by atoms with Gasteiger partial charge in [-0.2, -0.15) is 5.26 Å². The van der Waals surface area contributed by atoms with Gasteiger partial charge in [-0.15, -0.1) is 0 Å². The van der Waals surface area contributed by atoms with Crippen molar-refractivity contribution in [1.29, 1.82) is 5.26 Å². The average molecular weight is 251 g/mol. The van der Waals surface area contributed by atoms with Gasteiger partial charge in [0.05, 0.1) is 6.07 Å². The summed E-state index contributed by atoms with van der Waals surface area (Å²) >= 11 is 0. The molecule has 3 heteroatoms. The monoisotopic (exact) mass is 251 g/mol. The van der Waals surface area contributed by atoms with E-state index in [1.54, 1.807) is 0 Å². The van der Waals surface area contributed by atoms with E-state index in [1.807, 2.05) is 6.92 Å². The summed E-state index contributed by atoms with van der Waals surface area (Å²) in [6.07, 6.45) is 3.55. The molecule has 1 rings (SSSR count). The fourth-order valence-electron chi connectivity index (χ4n) is 3.12. The van der Waals surface area contributed by atoms with Crippen LogP contribution in [0.25, 0.3) is 0 Å². The Balaban J connectivity index is 2.56. The minimum atomic E-state index is -0.408. The maximum Gasteiger partial charge on any atom is 0.105 e. The molecule has 0 aromatic heterocycles. The van der Waals surface area contributed by atoms with Crippen LogP contribution in [0.4, 0.5) is 0 Å².